The van der Waals surface area contributed by atoms with Crippen molar-refractivity contribution in [2.45, 2.75) is 37.9 Å². The van der Waals surface area contributed by atoms with Gasteiger partial charge >= 0.3 is 0 Å². The number of likely N-dealkylation sites (N-methyl/N-ethyl adjacent to an activating group) is 1. The third-order valence-electron chi connectivity index (χ3n) is 7.47. The molecule has 10 heteroatoms. The van der Waals surface area contributed by atoms with Crippen molar-refractivity contribution >= 4 is 34.4 Å². The molecule has 10 nitrogen and oxygen atoms in total. The molecule has 5 N–H and O–H groups in total. The Morgan fingerprint density at radius 3 is 2.30 bits per heavy atom. The first-order chi connectivity index (χ1) is 21.0. The number of aromatic amines is 1. The second-order valence-electron chi connectivity index (χ2n) is 11.6. The number of para-hydroxylation sites is 1. The zero-order valence-electron chi connectivity index (χ0n) is 25.2. The SMILES string of the molecule is CN(C)C(=O)C(c1ccc(-c2ccccc2)cc1)n1cnc(NC(=O)C(Cc2c[nH]c3ccccc23)NC(=O)C(C)(C)N)c1. The standard InChI is InChI=1S/C34H37N7O3/c1-34(2,35)33(44)38-28(18-25-19-36-27-13-9-8-12-26(25)27)31(42)39-29-20-41(21-37-29)30(32(43)40(3)4)24-16-14-23(15-17-24)22-10-6-5-7-11-22/h5-17,19-21,28,30,36H,18,35H2,1-4H3,(H,38,44)(H,39,42). The van der Waals surface area contributed by atoms with Crippen LogP contribution in [0, 0.1) is 0 Å². The maximum absolute atomic E-state index is 13.6. The van der Waals surface area contributed by atoms with Crippen LogP contribution >= 0.6 is 0 Å². The largest absolute Gasteiger partial charge is 0.361 e. The van der Waals surface area contributed by atoms with E-state index in [0.29, 0.717) is 0 Å². The lowest BCUT2D eigenvalue weighted by Gasteiger charge is -2.23. The van der Waals surface area contributed by atoms with Gasteiger partial charge in [-0.2, -0.15) is 0 Å². The Morgan fingerprint density at radius 1 is 0.955 bits per heavy atom. The molecule has 226 valence electrons. The van der Waals surface area contributed by atoms with E-state index in [0.717, 1.165) is 33.2 Å². The molecule has 0 saturated carbocycles. The van der Waals surface area contributed by atoms with Crippen molar-refractivity contribution in [3.63, 3.8) is 0 Å². The first-order valence-corrected chi connectivity index (χ1v) is 14.4. The summed E-state index contributed by atoms with van der Waals surface area (Å²) < 4.78 is 1.67. The smallest absolute Gasteiger partial charge is 0.249 e. The maximum Gasteiger partial charge on any atom is 0.249 e. The molecule has 2 aromatic heterocycles. The topological polar surface area (TPSA) is 138 Å². The van der Waals surface area contributed by atoms with Gasteiger partial charge in [0.15, 0.2) is 5.82 Å². The molecule has 0 saturated heterocycles. The van der Waals surface area contributed by atoms with Crippen LogP contribution in [-0.2, 0) is 20.8 Å². The number of carbonyl (C=O) groups is 3. The highest BCUT2D eigenvalue weighted by atomic mass is 16.2. The number of fused-ring (bicyclic) bond motifs is 1. The van der Waals surface area contributed by atoms with Crippen LogP contribution in [-0.4, -0.2) is 62.8 Å². The van der Waals surface area contributed by atoms with Crippen molar-refractivity contribution in [3.8, 4) is 11.1 Å². The van der Waals surface area contributed by atoms with E-state index in [2.05, 4.69) is 20.6 Å². The fourth-order valence-corrected chi connectivity index (χ4v) is 5.01. The number of anilines is 1. The summed E-state index contributed by atoms with van der Waals surface area (Å²) in [6, 6.07) is 23.9. The molecule has 0 spiro atoms. The highest BCUT2D eigenvalue weighted by Crippen LogP contribution is 2.26. The molecular formula is C34H37N7O3. The molecular weight excluding hydrogens is 554 g/mol. The van der Waals surface area contributed by atoms with Gasteiger partial charge in [-0.1, -0.05) is 72.8 Å². The highest BCUT2D eigenvalue weighted by molar-refractivity contribution is 5.98. The Bertz CT molecular complexity index is 1770. The summed E-state index contributed by atoms with van der Waals surface area (Å²) in [6.07, 6.45) is 5.20. The minimum Gasteiger partial charge on any atom is -0.361 e. The predicted molar refractivity (Wildman–Crippen MR) is 172 cm³/mol. The molecule has 3 amide bonds. The number of hydrogen-bond donors (Lipinski definition) is 4. The van der Waals surface area contributed by atoms with Gasteiger partial charge in [0.25, 0.3) is 0 Å². The van der Waals surface area contributed by atoms with Crippen molar-refractivity contribution in [1.29, 1.82) is 0 Å². The molecule has 0 radical (unpaired) electrons. The quantitative estimate of drug-likeness (QED) is 0.194. The van der Waals surface area contributed by atoms with Crippen LogP contribution in [0.25, 0.3) is 22.0 Å². The lowest BCUT2D eigenvalue weighted by atomic mass is 10.00. The third-order valence-corrected chi connectivity index (χ3v) is 7.47. The highest BCUT2D eigenvalue weighted by Gasteiger charge is 2.30. The number of imidazole rings is 1. The van der Waals surface area contributed by atoms with Gasteiger partial charge in [0.05, 0.1) is 11.9 Å². The summed E-state index contributed by atoms with van der Waals surface area (Å²) in [4.78, 5) is 48.9. The number of amides is 3. The van der Waals surface area contributed by atoms with Crippen LogP contribution in [0.1, 0.15) is 31.0 Å². The van der Waals surface area contributed by atoms with E-state index in [1.807, 2.05) is 85.1 Å². The average Bonchev–Trinajstić information content (AvgIpc) is 3.64. The number of rotatable bonds is 10. The number of nitrogens with one attached hydrogen (secondary N) is 3. The Labute approximate surface area is 256 Å². The Hall–Kier alpha value is -5.22. The summed E-state index contributed by atoms with van der Waals surface area (Å²) in [5, 5.41) is 6.58. The van der Waals surface area contributed by atoms with Crippen molar-refractivity contribution in [2.75, 3.05) is 19.4 Å². The number of hydrogen-bond acceptors (Lipinski definition) is 5. The van der Waals surface area contributed by atoms with E-state index >= 15 is 0 Å². The van der Waals surface area contributed by atoms with Gasteiger partial charge in [-0.05, 0) is 42.2 Å². The fraction of sp³-hybridized carbons (Fsp3) is 0.235. The van der Waals surface area contributed by atoms with Crippen LogP contribution in [0.3, 0.4) is 0 Å². The zero-order valence-corrected chi connectivity index (χ0v) is 25.2. The zero-order chi connectivity index (χ0) is 31.4. The van der Waals surface area contributed by atoms with Gasteiger partial charge in [-0.15, -0.1) is 0 Å². The molecule has 5 aromatic rings. The number of benzene rings is 3. The molecule has 0 bridgehead atoms. The molecule has 3 aromatic carbocycles. The summed E-state index contributed by atoms with van der Waals surface area (Å²) in [5.74, 6) is -0.820. The first-order valence-electron chi connectivity index (χ1n) is 14.4. The first kappa shape index (κ1) is 30.2. The van der Waals surface area contributed by atoms with E-state index in [1.165, 1.54) is 11.2 Å². The van der Waals surface area contributed by atoms with Crippen LogP contribution in [0.15, 0.2) is 97.6 Å². The molecule has 5 rings (SSSR count). The summed E-state index contributed by atoms with van der Waals surface area (Å²) in [6.45, 7) is 3.16. The van der Waals surface area contributed by atoms with Gasteiger partial charge in [0.1, 0.15) is 12.1 Å². The molecule has 44 heavy (non-hydrogen) atoms. The molecule has 2 atom stereocenters. The van der Waals surface area contributed by atoms with Crippen LogP contribution < -0.4 is 16.4 Å². The second-order valence-corrected chi connectivity index (χ2v) is 11.6. The molecule has 2 heterocycles. The predicted octanol–water partition coefficient (Wildman–Crippen LogP) is 4.11. The monoisotopic (exact) mass is 591 g/mol. The molecule has 0 aliphatic rings. The summed E-state index contributed by atoms with van der Waals surface area (Å²) in [5.41, 5.74) is 9.53. The minimum absolute atomic E-state index is 0.151. The average molecular weight is 592 g/mol. The van der Waals surface area contributed by atoms with Gasteiger partial charge < -0.3 is 30.8 Å². The van der Waals surface area contributed by atoms with Crippen LogP contribution in [0.2, 0.25) is 0 Å². The molecule has 2 unspecified atom stereocenters. The molecule has 0 fully saturated rings. The van der Waals surface area contributed by atoms with Crippen molar-refractivity contribution in [2.24, 2.45) is 5.73 Å². The van der Waals surface area contributed by atoms with Gasteiger partial charge in [0, 0.05) is 43.8 Å². The van der Waals surface area contributed by atoms with Gasteiger partial charge in [-0.3, -0.25) is 14.4 Å². The number of H-pyrrole nitrogens is 1. The Kier molecular flexibility index (Phi) is 8.64. The molecule has 0 aliphatic heterocycles. The van der Waals surface area contributed by atoms with Crippen molar-refractivity contribution in [1.82, 2.24) is 24.8 Å². The summed E-state index contributed by atoms with van der Waals surface area (Å²) >= 11 is 0. The van der Waals surface area contributed by atoms with Gasteiger partial charge in [-0.25, -0.2) is 4.98 Å². The van der Waals surface area contributed by atoms with Crippen molar-refractivity contribution < 1.29 is 14.4 Å². The number of carbonyl (C=O) groups excluding carboxylic acids is 3. The minimum atomic E-state index is -1.18. The van der Waals surface area contributed by atoms with Crippen LogP contribution in [0.5, 0.6) is 0 Å². The Balaban J connectivity index is 1.39. The van der Waals surface area contributed by atoms with E-state index in [-0.39, 0.29) is 18.1 Å². The van der Waals surface area contributed by atoms with Gasteiger partial charge in [0.2, 0.25) is 17.7 Å². The van der Waals surface area contributed by atoms with E-state index in [4.69, 9.17) is 5.73 Å². The van der Waals surface area contributed by atoms with E-state index < -0.39 is 29.4 Å². The van der Waals surface area contributed by atoms with Crippen molar-refractivity contribution in [3.05, 3.63) is 109 Å². The maximum atomic E-state index is 13.6. The van der Waals surface area contributed by atoms with Crippen LogP contribution in [0.4, 0.5) is 5.82 Å². The van der Waals surface area contributed by atoms with E-state index in [1.54, 1.807) is 38.7 Å². The lowest BCUT2D eigenvalue weighted by Crippen LogP contribution is -2.55. The third kappa shape index (κ3) is 6.71. The lowest BCUT2D eigenvalue weighted by molar-refractivity contribution is -0.131. The second kappa shape index (κ2) is 12.6. The molecule has 0 aliphatic carbocycles. The summed E-state index contributed by atoms with van der Waals surface area (Å²) in [7, 11) is 3.40. The number of aromatic nitrogens is 3. The number of nitrogens with zero attached hydrogens (tertiary/aromatic N) is 3. The normalized spacial score (nSPS) is 12.8. The fourth-order valence-electron chi connectivity index (χ4n) is 5.01. The number of nitrogens with two attached hydrogens (primary N) is 1. The Morgan fingerprint density at radius 2 is 1.61 bits per heavy atom. The van der Waals surface area contributed by atoms with E-state index in [9.17, 15) is 14.4 Å².